The Morgan fingerprint density at radius 2 is 2.02 bits per heavy atom. The zero-order valence-corrected chi connectivity index (χ0v) is 29.8. The molecule has 0 aromatic rings. The third-order valence-electron chi connectivity index (χ3n) is 13.1. The first-order valence-electron chi connectivity index (χ1n) is 18.2. The smallest absolute Gasteiger partial charge is 0.341 e. The zero-order chi connectivity index (χ0) is 35.6. The van der Waals surface area contributed by atoms with Crippen molar-refractivity contribution in [2.45, 2.75) is 109 Å². The van der Waals surface area contributed by atoms with E-state index in [2.05, 4.69) is 27.1 Å². The van der Waals surface area contributed by atoms with E-state index in [-0.39, 0.29) is 59.8 Å². The Bertz CT molecular complexity index is 1630. The van der Waals surface area contributed by atoms with E-state index in [0.29, 0.717) is 49.6 Å². The number of likely N-dealkylation sites (N-methyl/N-ethyl adjacent to an activating group) is 1. The number of carbonyl (C=O) groups excluding carboxylic acids is 3. The highest BCUT2D eigenvalue weighted by Gasteiger charge is 2.67. The number of aliphatic hydroxyl groups excluding tert-OH is 2. The van der Waals surface area contributed by atoms with Crippen molar-refractivity contribution in [2.75, 3.05) is 26.8 Å². The van der Waals surface area contributed by atoms with Crippen LogP contribution in [-0.4, -0.2) is 113 Å². The molecule has 3 N–H and O–H groups in total. The molecular weight excluding hydrogens is 638 g/mol. The van der Waals surface area contributed by atoms with Crippen LogP contribution < -0.4 is 5.32 Å². The molecule has 2 saturated carbocycles. The molecule has 1 amide bonds. The third kappa shape index (κ3) is 5.86. The Balaban J connectivity index is 1.20. The van der Waals surface area contributed by atoms with Crippen LogP contribution in [-0.2, 0) is 23.9 Å². The van der Waals surface area contributed by atoms with E-state index in [1.54, 1.807) is 23.3 Å². The highest BCUT2D eigenvalue weighted by atomic mass is 16.6. The van der Waals surface area contributed by atoms with Crippen LogP contribution in [0.1, 0.15) is 72.6 Å². The normalized spacial score (nSPS) is 39.7. The molecule has 4 fully saturated rings. The number of nitrogens with zero attached hydrogens (tertiary/aromatic N) is 4. The molecule has 0 radical (unpaired) electrons. The minimum atomic E-state index is -0.652. The number of amides is 1. The minimum Gasteiger partial charge on any atom is -0.423 e. The van der Waals surface area contributed by atoms with Crippen LogP contribution in [0.15, 0.2) is 57.4 Å². The summed E-state index contributed by atoms with van der Waals surface area (Å²) >= 11 is 0. The largest absolute Gasteiger partial charge is 0.423 e. The van der Waals surface area contributed by atoms with E-state index < -0.39 is 29.6 Å². The van der Waals surface area contributed by atoms with E-state index in [9.17, 15) is 24.6 Å². The Kier molecular flexibility index (Phi) is 9.16. The molecule has 0 aromatic heterocycles. The monoisotopic (exact) mass is 689 g/mol. The first-order valence-corrected chi connectivity index (χ1v) is 18.2. The van der Waals surface area contributed by atoms with Gasteiger partial charge in [-0.3, -0.25) is 24.4 Å². The molecule has 7 unspecified atom stereocenters. The number of aliphatic hydroxyl groups is 2. The molecule has 12 nitrogen and oxygen atoms in total. The van der Waals surface area contributed by atoms with Crippen molar-refractivity contribution in [1.29, 1.82) is 0 Å². The van der Waals surface area contributed by atoms with Crippen molar-refractivity contribution in [1.82, 2.24) is 15.1 Å². The first kappa shape index (κ1) is 35.1. The van der Waals surface area contributed by atoms with Crippen LogP contribution in [0, 0.1) is 22.7 Å². The second-order valence-corrected chi connectivity index (χ2v) is 15.9. The molecule has 12 heteroatoms. The number of esters is 1. The number of rotatable bonds is 11. The minimum absolute atomic E-state index is 0.0111. The van der Waals surface area contributed by atoms with Crippen molar-refractivity contribution in [3.63, 3.8) is 0 Å². The van der Waals surface area contributed by atoms with Crippen LogP contribution in [0.4, 0.5) is 0 Å². The molecule has 0 bridgehead atoms. The summed E-state index contributed by atoms with van der Waals surface area (Å²) in [6.45, 7) is 9.05. The molecule has 0 aromatic carbocycles. The molecule has 7 aliphatic rings. The number of ether oxygens (including phenoxy) is 2. The fourth-order valence-electron chi connectivity index (χ4n) is 10.0. The Labute approximate surface area is 294 Å². The van der Waals surface area contributed by atoms with Crippen LogP contribution >= 0.6 is 0 Å². The number of hydrogen-bond acceptors (Lipinski definition) is 11. The lowest BCUT2D eigenvalue weighted by Crippen LogP contribution is -2.61. The Morgan fingerprint density at radius 1 is 1.24 bits per heavy atom. The molecule has 5 aliphatic heterocycles. The summed E-state index contributed by atoms with van der Waals surface area (Å²) in [4.78, 5) is 52.5. The number of hydrogen-bond donors (Lipinski definition) is 3. The Morgan fingerprint density at radius 3 is 2.70 bits per heavy atom. The van der Waals surface area contributed by atoms with Crippen LogP contribution in [0.25, 0.3) is 0 Å². The quantitative estimate of drug-likeness (QED) is 0.219. The van der Waals surface area contributed by atoms with E-state index in [0.717, 1.165) is 24.8 Å². The molecule has 10 atom stereocenters. The van der Waals surface area contributed by atoms with Gasteiger partial charge in [-0.25, -0.2) is 9.79 Å². The SMILES string of the molecule is CCC1C(=O)N2C=C(/C=C3\C=C(C(CC4C5(CCC6[C@]4(C)CC[C@@H](O)[C@@]6(C)CO)CO5)NC(C)C(=O)CC4=NCC=N4)C(=O)O3)C=CC2N1C. The van der Waals surface area contributed by atoms with Crippen molar-refractivity contribution >= 4 is 29.7 Å². The Hall–Kier alpha value is -3.29. The standard InChI is InChI=1S/C38H51N5O7/c1-6-27-34(47)43-19-23(7-8-33(43)42(27)5)15-24-16-25(35(48)50-24)26(41-22(2)28(45)18-32-39-13-14-40-32)17-30-36(3)11-10-31(46)37(4,20-44)29(36)9-12-38(30)21-49-38/h7-8,13,15-16,19,22,26-27,29-31,33,41,44,46H,6,9-12,14,17-18,20-21H2,1-5H3/b24-15+/t22?,26?,27?,29?,30?,31-,33?,36+,37+,38?/m1/s1. The zero-order valence-electron chi connectivity index (χ0n) is 29.8. The molecule has 2 saturated heterocycles. The number of allylic oxidation sites excluding steroid dienone is 4. The summed E-state index contributed by atoms with van der Waals surface area (Å²) in [5.74, 6) is 0.392. The summed E-state index contributed by atoms with van der Waals surface area (Å²) in [6, 6.07) is -1.34. The van der Waals surface area contributed by atoms with Gasteiger partial charge in [0.05, 0.1) is 55.5 Å². The van der Waals surface area contributed by atoms with Crippen molar-refractivity contribution in [3.05, 3.63) is 47.4 Å². The van der Waals surface area contributed by atoms with Crippen molar-refractivity contribution in [3.8, 4) is 0 Å². The van der Waals surface area contributed by atoms with Crippen molar-refractivity contribution < 1.29 is 34.1 Å². The van der Waals surface area contributed by atoms with E-state index in [1.165, 1.54) is 0 Å². The van der Waals surface area contributed by atoms with E-state index in [4.69, 9.17) is 9.47 Å². The van der Waals surface area contributed by atoms with Gasteiger partial charge in [0, 0.05) is 23.9 Å². The van der Waals surface area contributed by atoms with E-state index in [1.807, 2.05) is 46.2 Å². The van der Waals surface area contributed by atoms with Crippen LogP contribution in [0.3, 0.4) is 0 Å². The topological polar surface area (TPSA) is 157 Å². The number of fused-ring (bicyclic) bond motifs is 2. The van der Waals surface area contributed by atoms with Gasteiger partial charge >= 0.3 is 5.97 Å². The van der Waals surface area contributed by atoms with Gasteiger partial charge in [-0.05, 0) is 93.5 Å². The molecule has 50 heavy (non-hydrogen) atoms. The van der Waals surface area contributed by atoms with Gasteiger partial charge < -0.3 is 25.0 Å². The van der Waals surface area contributed by atoms with E-state index >= 15 is 0 Å². The van der Waals surface area contributed by atoms with Gasteiger partial charge in [0.1, 0.15) is 17.8 Å². The van der Waals surface area contributed by atoms with Gasteiger partial charge in [0.15, 0.2) is 5.78 Å². The maximum Gasteiger partial charge on any atom is 0.341 e. The van der Waals surface area contributed by atoms with Gasteiger partial charge in [-0.15, -0.1) is 0 Å². The number of cyclic esters (lactones) is 1. The fourth-order valence-corrected chi connectivity index (χ4v) is 10.0. The molecule has 2 aliphatic carbocycles. The van der Waals surface area contributed by atoms with Gasteiger partial charge in [0.25, 0.3) is 0 Å². The maximum atomic E-state index is 13.7. The summed E-state index contributed by atoms with van der Waals surface area (Å²) in [5, 5.41) is 25.2. The molecule has 1 spiro atoms. The van der Waals surface area contributed by atoms with Crippen LogP contribution in [0.5, 0.6) is 0 Å². The lowest BCUT2D eigenvalue weighted by Gasteiger charge is -2.61. The molecule has 270 valence electrons. The lowest BCUT2D eigenvalue weighted by molar-refractivity contribution is -0.177. The fraction of sp³-hybridized carbons (Fsp3) is 0.658. The highest BCUT2D eigenvalue weighted by molar-refractivity contribution is 6.07. The summed E-state index contributed by atoms with van der Waals surface area (Å²) < 4.78 is 12.1. The number of carbonyl (C=O) groups is 3. The van der Waals surface area contributed by atoms with Crippen molar-refractivity contribution in [2.24, 2.45) is 32.7 Å². The molecule has 5 heterocycles. The van der Waals surface area contributed by atoms with Gasteiger partial charge in [-0.2, -0.15) is 0 Å². The second kappa shape index (κ2) is 13.0. The predicted octanol–water partition coefficient (Wildman–Crippen LogP) is 2.82. The summed E-state index contributed by atoms with van der Waals surface area (Å²) in [7, 11) is 1.95. The first-order chi connectivity index (χ1) is 23.8. The lowest BCUT2D eigenvalue weighted by atomic mass is 9.44. The van der Waals surface area contributed by atoms with Gasteiger partial charge in [0.2, 0.25) is 5.91 Å². The molecule has 7 rings (SSSR count). The number of amidine groups is 1. The maximum absolute atomic E-state index is 13.7. The summed E-state index contributed by atoms with van der Waals surface area (Å²) in [6.07, 6.45) is 14.5. The highest BCUT2D eigenvalue weighted by Crippen LogP contribution is 2.66. The number of epoxide rings is 1. The van der Waals surface area contributed by atoms with Gasteiger partial charge in [-0.1, -0.05) is 26.8 Å². The average Bonchev–Trinajstić information content (AvgIpc) is 3.37. The summed E-state index contributed by atoms with van der Waals surface area (Å²) in [5.41, 5.74) is -0.126. The number of Topliss-reactive ketones (excluding diaryl/α,β-unsaturated/α-hetero) is 1. The third-order valence-corrected chi connectivity index (χ3v) is 13.1. The number of aliphatic imine (C=N–C) groups is 2. The average molecular weight is 690 g/mol. The molecular formula is C38H51N5O7. The van der Waals surface area contributed by atoms with Crippen LogP contribution in [0.2, 0.25) is 0 Å². The number of ketones is 1. The second-order valence-electron chi connectivity index (χ2n) is 15.9. The predicted molar refractivity (Wildman–Crippen MR) is 187 cm³/mol. The number of nitrogens with one attached hydrogen (secondary N) is 1.